The van der Waals surface area contributed by atoms with Crippen molar-refractivity contribution in [1.82, 2.24) is 10.3 Å². The number of carbonyl (C=O) groups is 2. The van der Waals surface area contributed by atoms with Gasteiger partial charge in [0.15, 0.2) is 9.84 Å². The number of anilines is 1. The monoisotopic (exact) mass is 432 g/mol. The largest absolute Gasteiger partial charge is 0.495 e. The standard InChI is InChI=1S/C20H24N4O5S/c1-29-18-5-3-2-4-17(18)22-20(26)24-10-11-30(27,28)16(13-24)12-14-6-8-15(9-7-14)19(25)23-21/h2-9,16H,10-13,21H2,1H3,(H,22,26)(H,23,25). The first kappa shape index (κ1) is 21.6. The zero-order valence-electron chi connectivity index (χ0n) is 16.5. The van der Waals surface area contributed by atoms with Crippen LogP contribution in [-0.4, -0.2) is 56.5 Å². The Hall–Kier alpha value is -3.11. The lowest BCUT2D eigenvalue weighted by molar-refractivity contribution is 0.0953. The molecule has 0 spiro atoms. The quantitative estimate of drug-likeness (QED) is 0.369. The van der Waals surface area contributed by atoms with Crippen LogP contribution in [0, 0.1) is 0 Å². The number of ether oxygens (including phenoxy) is 1. The van der Waals surface area contributed by atoms with Crippen molar-refractivity contribution >= 4 is 27.5 Å². The number of carbonyl (C=O) groups excluding carboxylic acids is 2. The zero-order valence-corrected chi connectivity index (χ0v) is 17.3. The van der Waals surface area contributed by atoms with E-state index in [9.17, 15) is 18.0 Å². The van der Waals surface area contributed by atoms with Gasteiger partial charge in [0.2, 0.25) is 0 Å². The molecular weight excluding hydrogens is 408 g/mol. The van der Waals surface area contributed by atoms with E-state index in [0.717, 1.165) is 5.56 Å². The molecule has 0 aliphatic carbocycles. The lowest BCUT2D eigenvalue weighted by Gasteiger charge is -2.33. The number of nitrogen functional groups attached to an aromatic ring is 1. The van der Waals surface area contributed by atoms with Gasteiger partial charge in [-0.2, -0.15) is 0 Å². The molecule has 160 valence electrons. The molecule has 1 heterocycles. The third-order valence-electron chi connectivity index (χ3n) is 5.02. The summed E-state index contributed by atoms with van der Waals surface area (Å²) in [6.45, 7) is 0.198. The summed E-state index contributed by atoms with van der Waals surface area (Å²) in [5, 5.41) is 2.05. The predicted octanol–water partition coefficient (Wildman–Crippen LogP) is 1.17. The van der Waals surface area contributed by atoms with Gasteiger partial charge in [-0.05, 0) is 36.2 Å². The average molecular weight is 433 g/mol. The van der Waals surface area contributed by atoms with Crippen molar-refractivity contribution in [2.24, 2.45) is 5.84 Å². The summed E-state index contributed by atoms with van der Waals surface area (Å²) >= 11 is 0. The van der Waals surface area contributed by atoms with Crippen LogP contribution in [0.25, 0.3) is 0 Å². The summed E-state index contributed by atoms with van der Waals surface area (Å²) in [4.78, 5) is 25.7. The maximum Gasteiger partial charge on any atom is 0.322 e. The van der Waals surface area contributed by atoms with Crippen LogP contribution in [0.2, 0.25) is 0 Å². The molecule has 0 bridgehead atoms. The number of nitrogens with two attached hydrogens (primary N) is 1. The number of hydrogen-bond acceptors (Lipinski definition) is 6. The summed E-state index contributed by atoms with van der Waals surface area (Å²) < 4.78 is 30.4. The van der Waals surface area contributed by atoms with Gasteiger partial charge in [0.05, 0.1) is 23.8 Å². The van der Waals surface area contributed by atoms with Crippen LogP contribution in [0.1, 0.15) is 15.9 Å². The van der Waals surface area contributed by atoms with E-state index in [1.165, 1.54) is 12.0 Å². The Morgan fingerprint density at radius 3 is 2.53 bits per heavy atom. The molecule has 1 saturated heterocycles. The highest BCUT2D eigenvalue weighted by Gasteiger charge is 2.35. The van der Waals surface area contributed by atoms with Crippen LogP contribution >= 0.6 is 0 Å². The van der Waals surface area contributed by atoms with Crippen molar-refractivity contribution in [2.45, 2.75) is 11.7 Å². The molecule has 0 aromatic heterocycles. The van der Waals surface area contributed by atoms with E-state index in [1.54, 1.807) is 48.5 Å². The van der Waals surface area contributed by atoms with Crippen LogP contribution in [0.5, 0.6) is 5.75 Å². The molecule has 9 nitrogen and oxygen atoms in total. The summed E-state index contributed by atoms with van der Waals surface area (Å²) in [6.07, 6.45) is 0.241. The van der Waals surface area contributed by atoms with Crippen LogP contribution in [0.15, 0.2) is 48.5 Å². The van der Waals surface area contributed by atoms with Gasteiger partial charge >= 0.3 is 6.03 Å². The molecule has 1 aliphatic heterocycles. The second kappa shape index (κ2) is 9.14. The van der Waals surface area contributed by atoms with Gasteiger partial charge in [0, 0.05) is 18.7 Å². The van der Waals surface area contributed by atoms with E-state index in [4.69, 9.17) is 10.6 Å². The van der Waals surface area contributed by atoms with Crippen molar-refractivity contribution in [3.8, 4) is 5.75 Å². The Morgan fingerprint density at radius 1 is 1.17 bits per heavy atom. The maximum atomic E-state index is 12.7. The lowest BCUT2D eigenvalue weighted by atomic mass is 10.1. The Kier molecular flexibility index (Phi) is 6.58. The second-order valence-electron chi connectivity index (χ2n) is 6.94. The fraction of sp³-hybridized carbons (Fsp3) is 0.300. The van der Waals surface area contributed by atoms with E-state index in [2.05, 4.69) is 5.32 Å². The van der Waals surface area contributed by atoms with Crippen LogP contribution < -0.4 is 21.3 Å². The van der Waals surface area contributed by atoms with Crippen molar-refractivity contribution < 1.29 is 22.7 Å². The van der Waals surface area contributed by atoms with Gasteiger partial charge in [-0.1, -0.05) is 24.3 Å². The fourth-order valence-corrected chi connectivity index (χ4v) is 4.97. The normalized spacial score (nSPS) is 17.8. The van der Waals surface area contributed by atoms with E-state index in [1.807, 2.05) is 5.43 Å². The molecule has 3 rings (SSSR count). The highest BCUT2D eigenvalue weighted by Crippen LogP contribution is 2.24. The molecule has 10 heteroatoms. The predicted molar refractivity (Wildman–Crippen MR) is 113 cm³/mol. The van der Waals surface area contributed by atoms with Crippen molar-refractivity contribution in [3.63, 3.8) is 0 Å². The summed E-state index contributed by atoms with van der Waals surface area (Å²) in [7, 11) is -1.84. The van der Waals surface area contributed by atoms with Gasteiger partial charge in [-0.25, -0.2) is 19.1 Å². The van der Waals surface area contributed by atoms with E-state index in [0.29, 0.717) is 17.0 Å². The topological polar surface area (TPSA) is 131 Å². The van der Waals surface area contributed by atoms with Crippen molar-refractivity contribution in [1.29, 1.82) is 0 Å². The minimum Gasteiger partial charge on any atom is -0.495 e. The van der Waals surface area contributed by atoms with Gasteiger partial charge in [0.25, 0.3) is 5.91 Å². The molecule has 2 aromatic rings. The minimum absolute atomic E-state index is 0.0777. The lowest BCUT2D eigenvalue weighted by Crippen LogP contribution is -2.51. The van der Waals surface area contributed by atoms with Gasteiger partial charge in [0.1, 0.15) is 5.75 Å². The number of nitrogens with one attached hydrogen (secondary N) is 2. The molecular formula is C20H24N4O5S. The van der Waals surface area contributed by atoms with Crippen LogP contribution in [0.3, 0.4) is 0 Å². The highest BCUT2D eigenvalue weighted by molar-refractivity contribution is 7.92. The molecule has 4 N–H and O–H groups in total. The molecule has 2 aromatic carbocycles. The number of hydrogen-bond donors (Lipinski definition) is 3. The van der Waals surface area contributed by atoms with Gasteiger partial charge in [-0.15, -0.1) is 0 Å². The first-order valence-corrected chi connectivity index (χ1v) is 11.1. The van der Waals surface area contributed by atoms with Crippen LogP contribution in [-0.2, 0) is 16.3 Å². The second-order valence-corrected chi connectivity index (χ2v) is 9.34. The Bertz CT molecular complexity index is 1020. The van der Waals surface area contributed by atoms with E-state index < -0.39 is 21.0 Å². The maximum absolute atomic E-state index is 12.7. The fourth-order valence-electron chi connectivity index (χ4n) is 3.31. The van der Waals surface area contributed by atoms with Gasteiger partial charge < -0.3 is 15.0 Å². The summed E-state index contributed by atoms with van der Waals surface area (Å²) in [5.74, 6) is 5.10. The third kappa shape index (κ3) is 4.89. The number of para-hydroxylation sites is 2. The van der Waals surface area contributed by atoms with Crippen LogP contribution in [0.4, 0.5) is 10.5 Å². The number of urea groups is 1. The number of hydrazine groups is 1. The zero-order chi connectivity index (χ0) is 21.7. The third-order valence-corrected chi connectivity index (χ3v) is 7.11. The molecule has 30 heavy (non-hydrogen) atoms. The molecule has 1 aliphatic rings. The Morgan fingerprint density at radius 2 is 1.87 bits per heavy atom. The number of sulfone groups is 1. The molecule has 1 atom stereocenters. The number of methoxy groups -OCH3 is 1. The molecule has 3 amide bonds. The first-order valence-electron chi connectivity index (χ1n) is 9.34. The highest BCUT2D eigenvalue weighted by atomic mass is 32.2. The number of amides is 3. The molecule has 1 unspecified atom stereocenters. The number of nitrogens with zero attached hydrogens (tertiary/aromatic N) is 1. The van der Waals surface area contributed by atoms with Gasteiger partial charge in [-0.3, -0.25) is 10.2 Å². The van der Waals surface area contributed by atoms with E-state index >= 15 is 0 Å². The van der Waals surface area contributed by atoms with E-state index in [-0.39, 0.29) is 31.3 Å². The summed E-state index contributed by atoms with van der Waals surface area (Å²) in [6, 6.07) is 13.2. The molecule has 0 radical (unpaired) electrons. The minimum atomic E-state index is -3.35. The Labute approximate surface area is 175 Å². The average Bonchev–Trinajstić information content (AvgIpc) is 2.75. The smallest absolute Gasteiger partial charge is 0.322 e. The molecule has 1 fully saturated rings. The SMILES string of the molecule is COc1ccccc1NC(=O)N1CCS(=O)(=O)C(Cc2ccc(C(=O)NN)cc2)C1. The number of rotatable bonds is 5. The first-order chi connectivity index (χ1) is 14.3. The number of benzene rings is 2. The molecule has 0 saturated carbocycles. The summed E-state index contributed by atoms with van der Waals surface area (Å²) in [5.41, 5.74) is 3.70. The van der Waals surface area contributed by atoms with Crippen molar-refractivity contribution in [3.05, 3.63) is 59.7 Å². The Balaban J connectivity index is 1.70. The van der Waals surface area contributed by atoms with Crippen molar-refractivity contribution in [2.75, 3.05) is 31.3 Å².